The summed E-state index contributed by atoms with van der Waals surface area (Å²) in [5.74, 6) is 0.182. The Labute approximate surface area is 155 Å². The van der Waals surface area contributed by atoms with Crippen molar-refractivity contribution in [3.8, 4) is 0 Å². The maximum Gasteiger partial charge on any atom is 0.338 e. The van der Waals surface area contributed by atoms with Crippen molar-refractivity contribution in [2.45, 2.75) is 65.3 Å². The van der Waals surface area contributed by atoms with Gasteiger partial charge in [0.05, 0.1) is 17.8 Å². The zero-order chi connectivity index (χ0) is 18.9. The molecule has 2 heterocycles. The number of hydrogen-bond acceptors (Lipinski definition) is 3. The second-order valence-electron chi connectivity index (χ2n) is 9.01. The van der Waals surface area contributed by atoms with E-state index in [1.807, 2.05) is 4.90 Å². The van der Waals surface area contributed by atoms with Crippen molar-refractivity contribution in [2.75, 3.05) is 13.1 Å². The van der Waals surface area contributed by atoms with E-state index in [4.69, 9.17) is 5.11 Å². The highest BCUT2D eigenvalue weighted by molar-refractivity contribution is 5.86. The molecule has 1 aliphatic carbocycles. The zero-order valence-corrected chi connectivity index (χ0v) is 16.1. The molecule has 1 saturated heterocycles. The SMILES string of the molecule is CC(C)(C)C1CCC(C(=O)N2CCCC(n3cc(C(=O)O)cn3)C2)CC1. The van der Waals surface area contributed by atoms with Crippen LogP contribution in [0, 0.1) is 17.3 Å². The van der Waals surface area contributed by atoms with Gasteiger partial charge in [-0.2, -0.15) is 5.10 Å². The summed E-state index contributed by atoms with van der Waals surface area (Å²) in [5.41, 5.74) is 0.528. The maximum absolute atomic E-state index is 13.0. The first-order valence-corrected chi connectivity index (χ1v) is 9.82. The summed E-state index contributed by atoms with van der Waals surface area (Å²) < 4.78 is 1.72. The van der Waals surface area contributed by atoms with E-state index in [1.54, 1.807) is 10.9 Å². The Kier molecular flexibility index (Phi) is 5.39. The highest BCUT2D eigenvalue weighted by Gasteiger charge is 2.35. The molecule has 2 fully saturated rings. The van der Waals surface area contributed by atoms with E-state index in [0.29, 0.717) is 17.9 Å². The van der Waals surface area contributed by atoms with E-state index >= 15 is 0 Å². The average molecular weight is 361 g/mol. The van der Waals surface area contributed by atoms with Crippen LogP contribution in [0.15, 0.2) is 12.4 Å². The molecular weight excluding hydrogens is 330 g/mol. The van der Waals surface area contributed by atoms with Gasteiger partial charge in [-0.05, 0) is 49.9 Å². The van der Waals surface area contributed by atoms with Crippen LogP contribution in [0.4, 0.5) is 0 Å². The van der Waals surface area contributed by atoms with E-state index in [-0.39, 0.29) is 23.4 Å². The van der Waals surface area contributed by atoms with Gasteiger partial charge in [-0.1, -0.05) is 20.8 Å². The molecule has 0 bridgehead atoms. The molecule has 6 nitrogen and oxygen atoms in total. The first-order chi connectivity index (χ1) is 12.3. The van der Waals surface area contributed by atoms with Crippen LogP contribution >= 0.6 is 0 Å². The van der Waals surface area contributed by atoms with Gasteiger partial charge in [-0.15, -0.1) is 0 Å². The van der Waals surface area contributed by atoms with Crippen molar-refractivity contribution < 1.29 is 14.7 Å². The standard InChI is InChI=1S/C20H31N3O3/c1-20(2,3)16-8-6-14(7-9-16)18(24)22-10-4-5-17(13-22)23-12-15(11-21-23)19(25)26/h11-12,14,16-17H,4-10,13H2,1-3H3,(H,25,26). The predicted molar refractivity (Wildman–Crippen MR) is 98.9 cm³/mol. The Bertz CT molecular complexity index is 654. The Morgan fingerprint density at radius 2 is 1.85 bits per heavy atom. The molecule has 0 aromatic carbocycles. The van der Waals surface area contributed by atoms with Crippen molar-refractivity contribution >= 4 is 11.9 Å². The molecule has 3 rings (SSSR count). The number of carboxylic acids is 1. The van der Waals surface area contributed by atoms with Gasteiger partial charge in [0.15, 0.2) is 0 Å². The fraction of sp³-hybridized carbons (Fsp3) is 0.750. The molecule has 1 atom stereocenters. The van der Waals surface area contributed by atoms with Gasteiger partial charge in [-0.3, -0.25) is 9.48 Å². The van der Waals surface area contributed by atoms with Crippen molar-refractivity contribution in [2.24, 2.45) is 17.3 Å². The average Bonchev–Trinajstić information content (AvgIpc) is 3.11. The number of rotatable bonds is 3. The van der Waals surface area contributed by atoms with Gasteiger partial charge >= 0.3 is 5.97 Å². The van der Waals surface area contributed by atoms with Crippen molar-refractivity contribution in [1.29, 1.82) is 0 Å². The van der Waals surface area contributed by atoms with E-state index in [2.05, 4.69) is 25.9 Å². The number of aromatic carboxylic acids is 1. The van der Waals surface area contributed by atoms with Crippen molar-refractivity contribution in [3.05, 3.63) is 18.0 Å². The number of hydrogen-bond donors (Lipinski definition) is 1. The molecule has 1 aromatic rings. The number of carbonyl (C=O) groups excluding carboxylic acids is 1. The van der Waals surface area contributed by atoms with E-state index < -0.39 is 5.97 Å². The van der Waals surface area contributed by atoms with E-state index in [0.717, 1.165) is 45.1 Å². The van der Waals surface area contributed by atoms with Crippen LogP contribution < -0.4 is 0 Å². The molecule has 1 amide bonds. The smallest absolute Gasteiger partial charge is 0.338 e. The van der Waals surface area contributed by atoms with Crippen LogP contribution in [0.5, 0.6) is 0 Å². The molecule has 144 valence electrons. The minimum atomic E-state index is -0.962. The Morgan fingerprint density at radius 3 is 2.42 bits per heavy atom. The summed E-state index contributed by atoms with van der Waals surface area (Å²) in [6, 6.07) is 0.0757. The second-order valence-corrected chi connectivity index (χ2v) is 9.01. The van der Waals surface area contributed by atoms with Crippen LogP contribution in [0.2, 0.25) is 0 Å². The molecule has 1 aliphatic heterocycles. The number of amides is 1. The highest BCUT2D eigenvalue weighted by atomic mass is 16.4. The van der Waals surface area contributed by atoms with Crippen LogP contribution in [0.3, 0.4) is 0 Å². The molecule has 0 spiro atoms. The van der Waals surface area contributed by atoms with Crippen molar-refractivity contribution in [1.82, 2.24) is 14.7 Å². The lowest BCUT2D eigenvalue weighted by molar-refractivity contribution is -0.139. The normalized spacial score (nSPS) is 27.3. The molecule has 2 aliphatic rings. The fourth-order valence-corrected chi connectivity index (χ4v) is 4.48. The summed E-state index contributed by atoms with van der Waals surface area (Å²) >= 11 is 0. The molecule has 0 radical (unpaired) electrons. The first kappa shape index (κ1) is 18.9. The summed E-state index contributed by atoms with van der Waals surface area (Å²) in [7, 11) is 0. The third-order valence-corrected chi connectivity index (χ3v) is 6.23. The van der Waals surface area contributed by atoms with Crippen LogP contribution in [-0.4, -0.2) is 44.8 Å². The number of nitrogens with zero attached hydrogens (tertiary/aromatic N) is 3. The monoisotopic (exact) mass is 361 g/mol. The molecule has 1 N–H and O–H groups in total. The van der Waals surface area contributed by atoms with E-state index in [1.165, 1.54) is 6.20 Å². The zero-order valence-electron chi connectivity index (χ0n) is 16.1. The van der Waals surface area contributed by atoms with Crippen molar-refractivity contribution in [3.63, 3.8) is 0 Å². The largest absolute Gasteiger partial charge is 0.478 e. The molecule has 1 unspecified atom stereocenters. The summed E-state index contributed by atoms with van der Waals surface area (Å²) in [6.45, 7) is 8.33. The second kappa shape index (κ2) is 7.41. The quantitative estimate of drug-likeness (QED) is 0.892. The van der Waals surface area contributed by atoms with Crippen LogP contribution in [-0.2, 0) is 4.79 Å². The van der Waals surface area contributed by atoms with Gasteiger partial charge in [0.2, 0.25) is 5.91 Å². The molecule has 6 heteroatoms. The summed E-state index contributed by atoms with van der Waals surface area (Å²) in [5, 5.41) is 13.3. The fourth-order valence-electron chi connectivity index (χ4n) is 4.48. The van der Waals surface area contributed by atoms with Crippen LogP contribution in [0.25, 0.3) is 0 Å². The van der Waals surface area contributed by atoms with Gasteiger partial charge in [-0.25, -0.2) is 4.79 Å². The van der Waals surface area contributed by atoms with Gasteiger partial charge in [0.25, 0.3) is 0 Å². The number of aromatic nitrogens is 2. The Morgan fingerprint density at radius 1 is 1.15 bits per heavy atom. The number of piperidine rings is 1. The molecule has 1 saturated carbocycles. The van der Waals surface area contributed by atoms with E-state index in [9.17, 15) is 9.59 Å². The van der Waals surface area contributed by atoms with Gasteiger partial charge in [0.1, 0.15) is 0 Å². The highest BCUT2D eigenvalue weighted by Crippen LogP contribution is 2.40. The third kappa shape index (κ3) is 4.10. The van der Waals surface area contributed by atoms with Crippen LogP contribution in [0.1, 0.15) is 75.7 Å². The number of likely N-dealkylation sites (tertiary alicyclic amines) is 1. The number of carbonyl (C=O) groups is 2. The topological polar surface area (TPSA) is 75.4 Å². The lowest BCUT2D eigenvalue weighted by Gasteiger charge is -2.39. The molecule has 26 heavy (non-hydrogen) atoms. The van der Waals surface area contributed by atoms with Gasteiger partial charge < -0.3 is 10.0 Å². The minimum absolute atomic E-state index is 0.0757. The molecule has 1 aromatic heterocycles. The maximum atomic E-state index is 13.0. The summed E-state index contributed by atoms with van der Waals surface area (Å²) in [4.78, 5) is 26.0. The Balaban J connectivity index is 1.59. The minimum Gasteiger partial charge on any atom is -0.478 e. The molecular formula is C20H31N3O3. The lowest BCUT2D eigenvalue weighted by Crippen LogP contribution is -2.44. The Hall–Kier alpha value is -1.85. The van der Waals surface area contributed by atoms with Gasteiger partial charge in [0, 0.05) is 25.2 Å². The summed E-state index contributed by atoms with van der Waals surface area (Å²) in [6.07, 6.45) is 9.10. The third-order valence-electron chi connectivity index (χ3n) is 6.23. The lowest BCUT2D eigenvalue weighted by atomic mass is 9.69. The number of carboxylic acid groups (broad SMARTS) is 1. The predicted octanol–water partition coefficient (Wildman–Crippen LogP) is 3.60. The first-order valence-electron chi connectivity index (χ1n) is 9.82.